The zero-order chi connectivity index (χ0) is 14.4. The number of nitrogens with zero attached hydrogens (tertiary/aromatic N) is 1. The average Bonchev–Trinajstić information content (AvgIpc) is 2.46. The van der Waals surface area contributed by atoms with E-state index < -0.39 is 0 Å². The van der Waals surface area contributed by atoms with E-state index in [1.807, 2.05) is 13.1 Å². The molecule has 2 rings (SSSR count). The van der Waals surface area contributed by atoms with Crippen LogP contribution in [0.1, 0.15) is 37.7 Å². The van der Waals surface area contributed by atoms with Crippen molar-refractivity contribution < 1.29 is 9.90 Å². The Labute approximate surface area is 120 Å². The van der Waals surface area contributed by atoms with Crippen LogP contribution in [-0.2, 0) is 11.3 Å². The number of phenolic OH excluding ortho intramolecular Hbond substituents is 1. The predicted octanol–water partition coefficient (Wildman–Crippen LogP) is 2.27. The van der Waals surface area contributed by atoms with Gasteiger partial charge in [-0.1, -0.05) is 18.6 Å². The Morgan fingerprint density at radius 1 is 1.45 bits per heavy atom. The van der Waals surface area contributed by atoms with Crippen LogP contribution in [-0.4, -0.2) is 35.5 Å². The lowest BCUT2D eigenvalue weighted by atomic mass is 10.0. The van der Waals surface area contributed by atoms with Crippen LogP contribution in [0.2, 0.25) is 0 Å². The summed E-state index contributed by atoms with van der Waals surface area (Å²) in [6.45, 7) is 1.63. The topological polar surface area (TPSA) is 52.6 Å². The van der Waals surface area contributed by atoms with Gasteiger partial charge in [0.15, 0.2) is 0 Å². The van der Waals surface area contributed by atoms with E-state index >= 15 is 0 Å². The maximum Gasteiger partial charge on any atom is 0.222 e. The summed E-state index contributed by atoms with van der Waals surface area (Å²) >= 11 is 0. The van der Waals surface area contributed by atoms with Crippen LogP contribution in [0.4, 0.5) is 0 Å². The van der Waals surface area contributed by atoms with E-state index in [4.69, 9.17) is 0 Å². The molecule has 1 aliphatic rings. The summed E-state index contributed by atoms with van der Waals surface area (Å²) in [6.07, 6.45) is 5.21. The number of hydrogen-bond donors (Lipinski definition) is 2. The minimum Gasteiger partial charge on any atom is -0.508 e. The molecule has 1 amide bonds. The molecule has 1 heterocycles. The average molecular weight is 276 g/mol. The zero-order valence-corrected chi connectivity index (χ0v) is 12.1. The number of amides is 1. The van der Waals surface area contributed by atoms with E-state index in [2.05, 4.69) is 5.32 Å². The summed E-state index contributed by atoms with van der Waals surface area (Å²) in [5.74, 6) is 0.412. The zero-order valence-electron chi connectivity index (χ0n) is 12.1. The Morgan fingerprint density at radius 2 is 2.30 bits per heavy atom. The predicted molar refractivity (Wildman–Crippen MR) is 79.5 cm³/mol. The van der Waals surface area contributed by atoms with E-state index in [0.29, 0.717) is 19.0 Å². The van der Waals surface area contributed by atoms with Gasteiger partial charge in [-0.2, -0.15) is 0 Å². The van der Waals surface area contributed by atoms with Crippen molar-refractivity contribution in [2.45, 2.75) is 44.7 Å². The van der Waals surface area contributed by atoms with E-state index in [-0.39, 0.29) is 11.7 Å². The first-order valence-electron chi connectivity index (χ1n) is 7.40. The standard InChI is InChI=1S/C16H24N2O2/c1-18(12-13-5-4-7-15(19)11-13)16(20)9-8-14-6-2-3-10-17-14/h4-5,7,11,14,17,19H,2-3,6,8-10,12H2,1H3. The van der Waals surface area contributed by atoms with E-state index in [0.717, 1.165) is 18.5 Å². The van der Waals surface area contributed by atoms with Gasteiger partial charge in [0, 0.05) is 26.1 Å². The Balaban J connectivity index is 1.76. The van der Waals surface area contributed by atoms with Crippen LogP contribution < -0.4 is 5.32 Å². The van der Waals surface area contributed by atoms with Gasteiger partial charge in [0.05, 0.1) is 0 Å². The van der Waals surface area contributed by atoms with Gasteiger partial charge in [0.1, 0.15) is 5.75 Å². The highest BCUT2D eigenvalue weighted by Gasteiger charge is 2.16. The molecule has 4 nitrogen and oxygen atoms in total. The number of piperidine rings is 1. The highest BCUT2D eigenvalue weighted by atomic mass is 16.3. The summed E-state index contributed by atoms with van der Waals surface area (Å²) in [5, 5.41) is 12.9. The van der Waals surface area contributed by atoms with E-state index in [1.54, 1.807) is 23.1 Å². The van der Waals surface area contributed by atoms with Crippen molar-refractivity contribution in [3.05, 3.63) is 29.8 Å². The monoisotopic (exact) mass is 276 g/mol. The summed E-state index contributed by atoms with van der Waals surface area (Å²) in [4.78, 5) is 13.8. The second-order valence-electron chi connectivity index (χ2n) is 5.61. The molecule has 0 radical (unpaired) electrons. The van der Waals surface area contributed by atoms with Gasteiger partial charge in [-0.3, -0.25) is 4.79 Å². The number of hydrogen-bond acceptors (Lipinski definition) is 3. The normalized spacial score (nSPS) is 18.8. The Morgan fingerprint density at radius 3 is 3.00 bits per heavy atom. The lowest BCUT2D eigenvalue weighted by molar-refractivity contribution is -0.130. The number of carbonyl (C=O) groups is 1. The maximum absolute atomic E-state index is 12.1. The fourth-order valence-corrected chi connectivity index (χ4v) is 2.68. The maximum atomic E-state index is 12.1. The highest BCUT2D eigenvalue weighted by molar-refractivity contribution is 5.75. The molecule has 4 heteroatoms. The first-order chi connectivity index (χ1) is 9.65. The van der Waals surface area contributed by atoms with Crippen LogP contribution in [0.25, 0.3) is 0 Å². The summed E-state index contributed by atoms with van der Waals surface area (Å²) < 4.78 is 0. The largest absolute Gasteiger partial charge is 0.508 e. The van der Waals surface area contributed by atoms with Crippen LogP contribution in [0.5, 0.6) is 5.75 Å². The second-order valence-corrected chi connectivity index (χ2v) is 5.61. The molecule has 1 unspecified atom stereocenters. The van der Waals surface area contributed by atoms with Gasteiger partial charge in [0.25, 0.3) is 0 Å². The number of phenols is 1. The number of benzene rings is 1. The quantitative estimate of drug-likeness (QED) is 0.867. The van der Waals surface area contributed by atoms with Crippen molar-refractivity contribution in [1.29, 1.82) is 0 Å². The van der Waals surface area contributed by atoms with Crippen molar-refractivity contribution in [1.82, 2.24) is 10.2 Å². The molecule has 0 spiro atoms. The molecule has 0 aromatic heterocycles. The Hall–Kier alpha value is -1.55. The van der Waals surface area contributed by atoms with Gasteiger partial charge in [-0.15, -0.1) is 0 Å². The number of rotatable bonds is 5. The molecular formula is C16H24N2O2. The smallest absolute Gasteiger partial charge is 0.222 e. The third kappa shape index (κ3) is 4.53. The SMILES string of the molecule is CN(Cc1cccc(O)c1)C(=O)CCC1CCCCN1. The lowest BCUT2D eigenvalue weighted by Crippen LogP contribution is -2.35. The summed E-state index contributed by atoms with van der Waals surface area (Å²) in [6, 6.07) is 7.56. The fraction of sp³-hybridized carbons (Fsp3) is 0.562. The van der Waals surface area contributed by atoms with Crippen LogP contribution in [0.3, 0.4) is 0 Å². The van der Waals surface area contributed by atoms with Gasteiger partial charge in [-0.25, -0.2) is 0 Å². The van der Waals surface area contributed by atoms with Crippen molar-refractivity contribution in [3.8, 4) is 5.75 Å². The second kappa shape index (κ2) is 7.29. The molecule has 0 saturated carbocycles. The summed E-state index contributed by atoms with van der Waals surface area (Å²) in [7, 11) is 1.82. The molecule has 2 N–H and O–H groups in total. The number of aromatic hydroxyl groups is 1. The van der Waals surface area contributed by atoms with Crippen LogP contribution in [0, 0.1) is 0 Å². The van der Waals surface area contributed by atoms with Crippen molar-refractivity contribution in [2.75, 3.05) is 13.6 Å². The third-order valence-electron chi connectivity index (χ3n) is 3.88. The number of carbonyl (C=O) groups excluding carboxylic acids is 1. The Kier molecular flexibility index (Phi) is 5.41. The van der Waals surface area contributed by atoms with Crippen molar-refractivity contribution >= 4 is 5.91 Å². The van der Waals surface area contributed by atoms with Gasteiger partial charge < -0.3 is 15.3 Å². The minimum atomic E-state index is 0.167. The first-order valence-corrected chi connectivity index (χ1v) is 7.40. The van der Waals surface area contributed by atoms with Crippen molar-refractivity contribution in [2.24, 2.45) is 0 Å². The minimum absolute atomic E-state index is 0.167. The first kappa shape index (κ1) is 14.9. The molecule has 1 fully saturated rings. The van der Waals surface area contributed by atoms with Gasteiger partial charge in [-0.05, 0) is 43.5 Å². The highest BCUT2D eigenvalue weighted by Crippen LogP contribution is 2.15. The van der Waals surface area contributed by atoms with E-state index in [1.165, 1.54) is 19.3 Å². The third-order valence-corrected chi connectivity index (χ3v) is 3.88. The molecule has 0 aliphatic carbocycles. The van der Waals surface area contributed by atoms with Gasteiger partial charge >= 0.3 is 0 Å². The molecule has 0 bridgehead atoms. The molecule has 1 saturated heterocycles. The van der Waals surface area contributed by atoms with Crippen LogP contribution in [0.15, 0.2) is 24.3 Å². The molecular weight excluding hydrogens is 252 g/mol. The van der Waals surface area contributed by atoms with Gasteiger partial charge in [0.2, 0.25) is 5.91 Å². The molecule has 1 aromatic carbocycles. The Bertz CT molecular complexity index is 442. The fourth-order valence-electron chi connectivity index (χ4n) is 2.68. The van der Waals surface area contributed by atoms with Crippen molar-refractivity contribution in [3.63, 3.8) is 0 Å². The molecule has 1 aromatic rings. The molecule has 1 atom stereocenters. The summed E-state index contributed by atoms with van der Waals surface area (Å²) in [5.41, 5.74) is 0.955. The molecule has 110 valence electrons. The lowest BCUT2D eigenvalue weighted by Gasteiger charge is -2.24. The molecule has 1 aliphatic heterocycles. The van der Waals surface area contributed by atoms with Crippen LogP contribution >= 0.6 is 0 Å². The molecule has 20 heavy (non-hydrogen) atoms. The van der Waals surface area contributed by atoms with E-state index in [9.17, 15) is 9.90 Å². The number of nitrogens with one attached hydrogen (secondary N) is 1.